The molecule has 0 spiro atoms. The molecular weight excluding hydrogens is 500 g/mol. The van der Waals surface area contributed by atoms with Gasteiger partial charge in [0.05, 0.1) is 10.6 Å². The van der Waals surface area contributed by atoms with Gasteiger partial charge in [-0.3, -0.25) is 4.79 Å². The average molecular weight is 521 g/mol. The number of amides is 1. The van der Waals surface area contributed by atoms with Crippen LogP contribution >= 0.6 is 23.4 Å². The van der Waals surface area contributed by atoms with E-state index in [2.05, 4.69) is 23.5 Å². The molecule has 0 radical (unpaired) electrons. The van der Waals surface area contributed by atoms with Crippen LogP contribution in [0.5, 0.6) is 5.75 Å². The lowest BCUT2D eigenvalue weighted by Gasteiger charge is -2.13. The minimum Gasteiger partial charge on any atom is -0.488 e. The highest BCUT2D eigenvalue weighted by Gasteiger charge is 2.25. The Hall–Kier alpha value is -4.06. The Balaban J connectivity index is 1.35. The second kappa shape index (κ2) is 10.1. The largest absolute Gasteiger partial charge is 0.488 e. The van der Waals surface area contributed by atoms with Gasteiger partial charge >= 0.3 is 0 Å². The number of thioether (sulfide) groups is 1. The van der Waals surface area contributed by atoms with Gasteiger partial charge in [0.1, 0.15) is 12.4 Å². The van der Waals surface area contributed by atoms with E-state index in [1.165, 1.54) is 11.8 Å². The first-order chi connectivity index (χ1) is 18.1. The van der Waals surface area contributed by atoms with Gasteiger partial charge in [-0.15, -0.1) is 0 Å². The van der Waals surface area contributed by atoms with Crippen molar-refractivity contribution in [3.8, 4) is 5.75 Å². The van der Waals surface area contributed by atoms with Crippen LogP contribution in [-0.2, 0) is 11.4 Å². The third-order valence-corrected chi connectivity index (χ3v) is 7.32. The highest BCUT2D eigenvalue weighted by atomic mass is 35.5. The number of benzene rings is 5. The minimum absolute atomic E-state index is 0.180. The number of nitrogens with one attached hydrogen (secondary N) is 1. The number of rotatable bonds is 5. The number of amidine groups is 1. The Morgan fingerprint density at radius 2 is 1.51 bits per heavy atom. The first-order valence-corrected chi connectivity index (χ1v) is 13.0. The fourth-order valence-electron chi connectivity index (χ4n) is 4.32. The number of carbonyl (C=O) groups is 1. The number of ether oxygens (including phenoxy) is 1. The number of aliphatic imine (C=N–C) groups is 1. The van der Waals surface area contributed by atoms with Crippen molar-refractivity contribution in [1.29, 1.82) is 0 Å². The zero-order valence-electron chi connectivity index (χ0n) is 19.6. The van der Waals surface area contributed by atoms with E-state index in [4.69, 9.17) is 21.3 Å². The Morgan fingerprint density at radius 1 is 0.811 bits per heavy atom. The van der Waals surface area contributed by atoms with Gasteiger partial charge in [-0.2, -0.15) is 0 Å². The number of hydrogen-bond donors (Lipinski definition) is 1. The third kappa shape index (κ3) is 4.96. The quantitative estimate of drug-likeness (QED) is 0.238. The Kier molecular flexibility index (Phi) is 6.39. The van der Waals surface area contributed by atoms with Crippen LogP contribution in [0.15, 0.2) is 113 Å². The fraction of sp³-hybridized carbons (Fsp3) is 0.0323. The van der Waals surface area contributed by atoms with Crippen LogP contribution < -0.4 is 10.1 Å². The molecule has 1 aliphatic heterocycles. The van der Waals surface area contributed by atoms with Crippen molar-refractivity contribution in [3.05, 3.63) is 124 Å². The van der Waals surface area contributed by atoms with Crippen LogP contribution in [0.1, 0.15) is 11.1 Å². The van der Waals surface area contributed by atoms with Crippen molar-refractivity contribution >= 4 is 67.7 Å². The Morgan fingerprint density at radius 3 is 2.32 bits per heavy atom. The van der Waals surface area contributed by atoms with Gasteiger partial charge in [-0.05, 0) is 63.8 Å². The molecule has 0 aromatic heterocycles. The van der Waals surface area contributed by atoms with Crippen LogP contribution in [0.2, 0.25) is 5.02 Å². The summed E-state index contributed by atoms with van der Waals surface area (Å²) in [5.74, 6) is 0.523. The SMILES string of the molecule is O=C1NC(=Nc2cccc3ccccc23)S/C1=C\c1c(OCc2ccc(Cl)cc2)ccc2ccccc12. The molecule has 6 heteroatoms. The lowest BCUT2D eigenvalue weighted by molar-refractivity contribution is -0.115. The first kappa shape index (κ1) is 23.3. The van der Waals surface area contributed by atoms with Crippen molar-refractivity contribution < 1.29 is 9.53 Å². The maximum Gasteiger partial charge on any atom is 0.264 e. The molecule has 0 saturated carbocycles. The summed E-state index contributed by atoms with van der Waals surface area (Å²) < 4.78 is 6.23. The summed E-state index contributed by atoms with van der Waals surface area (Å²) in [7, 11) is 0. The molecule has 1 fully saturated rings. The summed E-state index contributed by atoms with van der Waals surface area (Å²) in [6.07, 6.45) is 1.89. The maximum absolute atomic E-state index is 13.0. The number of hydrogen-bond acceptors (Lipinski definition) is 4. The number of halogens is 1. The van der Waals surface area contributed by atoms with Gasteiger partial charge in [0.2, 0.25) is 0 Å². The normalized spacial score (nSPS) is 15.5. The second-order valence-corrected chi connectivity index (χ2v) is 10.1. The zero-order chi connectivity index (χ0) is 25.2. The maximum atomic E-state index is 13.0. The van der Waals surface area contributed by atoms with Crippen molar-refractivity contribution in [2.45, 2.75) is 6.61 Å². The molecule has 0 bridgehead atoms. The number of carbonyl (C=O) groups excluding carboxylic acids is 1. The van der Waals surface area contributed by atoms with Crippen LogP contribution in [0.25, 0.3) is 27.6 Å². The van der Waals surface area contributed by atoms with E-state index < -0.39 is 0 Å². The molecule has 37 heavy (non-hydrogen) atoms. The predicted octanol–water partition coefficient (Wildman–Crippen LogP) is 8.12. The summed E-state index contributed by atoms with van der Waals surface area (Å²) in [5.41, 5.74) is 2.68. The summed E-state index contributed by atoms with van der Waals surface area (Å²) in [4.78, 5) is 18.3. The smallest absolute Gasteiger partial charge is 0.264 e. The molecule has 5 aromatic rings. The number of fused-ring (bicyclic) bond motifs is 2. The molecule has 1 amide bonds. The van der Waals surface area contributed by atoms with E-state index in [1.807, 2.05) is 91.0 Å². The van der Waals surface area contributed by atoms with E-state index in [-0.39, 0.29) is 5.91 Å². The van der Waals surface area contributed by atoms with E-state index in [0.29, 0.717) is 27.5 Å². The molecule has 1 aliphatic rings. The van der Waals surface area contributed by atoms with Gasteiger partial charge < -0.3 is 10.1 Å². The van der Waals surface area contributed by atoms with Crippen LogP contribution in [0, 0.1) is 0 Å². The molecule has 0 aliphatic carbocycles. The zero-order valence-corrected chi connectivity index (χ0v) is 21.2. The second-order valence-electron chi connectivity index (χ2n) is 8.59. The molecule has 1 saturated heterocycles. The molecular formula is C31H21ClN2O2S. The standard InChI is InChI=1S/C31H21ClN2O2S/c32-23-15-12-20(13-16-23)19-36-28-17-14-22-7-1-3-9-24(22)26(28)18-29-30(35)34-31(37-29)33-27-11-5-8-21-6-2-4-10-25(21)27/h1-18H,19H2,(H,33,34,35)/b29-18-. The van der Waals surface area contributed by atoms with Crippen LogP contribution in [-0.4, -0.2) is 11.1 Å². The molecule has 0 unspecified atom stereocenters. The van der Waals surface area contributed by atoms with Crippen LogP contribution in [0.3, 0.4) is 0 Å². The molecule has 0 atom stereocenters. The third-order valence-electron chi connectivity index (χ3n) is 6.15. The average Bonchev–Trinajstić information content (AvgIpc) is 3.27. The molecule has 4 nitrogen and oxygen atoms in total. The minimum atomic E-state index is -0.180. The highest BCUT2D eigenvalue weighted by molar-refractivity contribution is 8.18. The summed E-state index contributed by atoms with van der Waals surface area (Å²) in [6, 6.07) is 33.7. The van der Waals surface area contributed by atoms with Gasteiger partial charge in [0, 0.05) is 16.0 Å². The molecule has 6 rings (SSSR count). The van der Waals surface area contributed by atoms with Crippen molar-refractivity contribution in [1.82, 2.24) is 5.32 Å². The summed E-state index contributed by atoms with van der Waals surface area (Å²) in [6.45, 7) is 0.388. The summed E-state index contributed by atoms with van der Waals surface area (Å²) >= 11 is 7.35. The van der Waals surface area contributed by atoms with E-state index in [0.717, 1.165) is 38.4 Å². The highest BCUT2D eigenvalue weighted by Crippen LogP contribution is 2.36. The van der Waals surface area contributed by atoms with E-state index >= 15 is 0 Å². The van der Waals surface area contributed by atoms with Crippen molar-refractivity contribution in [3.63, 3.8) is 0 Å². The van der Waals surface area contributed by atoms with Gasteiger partial charge in [0.25, 0.3) is 5.91 Å². The first-order valence-electron chi connectivity index (χ1n) is 11.8. The monoisotopic (exact) mass is 520 g/mol. The Bertz CT molecular complexity index is 1710. The van der Waals surface area contributed by atoms with Gasteiger partial charge in [-0.25, -0.2) is 4.99 Å². The molecule has 5 aromatic carbocycles. The van der Waals surface area contributed by atoms with Crippen molar-refractivity contribution in [2.75, 3.05) is 0 Å². The van der Waals surface area contributed by atoms with E-state index in [9.17, 15) is 4.79 Å². The molecule has 180 valence electrons. The summed E-state index contributed by atoms with van der Waals surface area (Å²) in [5, 5.41) is 8.38. The molecule has 1 N–H and O–H groups in total. The van der Waals surface area contributed by atoms with E-state index in [1.54, 1.807) is 0 Å². The lowest BCUT2D eigenvalue weighted by Crippen LogP contribution is -2.19. The predicted molar refractivity (Wildman–Crippen MR) is 154 cm³/mol. The Labute approximate surface area is 223 Å². The number of nitrogens with zero attached hydrogens (tertiary/aromatic N) is 1. The van der Waals surface area contributed by atoms with Crippen molar-refractivity contribution in [2.24, 2.45) is 4.99 Å². The fourth-order valence-corrected chi connectivity index (χ4v) is 5.26. The lowest BCUT2D eigenvalue weighted by atomic mass is 10.0. The molecule has 1 heterocycles. The van der Waals surface area contributed by atoms with Crippen LogP contribution in [0.4, 0.5) is 5.69 Å². The topological polar surface area (TPSA) is 50.7 Å². The van der Waals surface area contributed by atoms with Gasteiger partial charge in [0.15, 0.2) is 5.17 Å². The van der Waals surface area contributed by atoms with Gasteiger partial charge in [-0.1, -0.05) is 90.5 Å².